The first-order chi connectivity index (χ1) is 41.7. The fourth-order valence-electron chi connectivity index (χ4n) is 14.4. The third kappa shape index (κ3) is 7.58. The normalized spacial score (nSPS) is 13.2. The van der Waals surface area contributed by atoms with E-state index in [1.54, 1.807) is 0 Å². The summed E-state index contributed by atoms with van der Waals surface area (Å²) in [6.07, 6.45) is 0. The van der Waals surface area contributed by atoms with Crippen molar-refractivity contribution in [1.29, 1.82) is 0 Å². The van der Waals surface area contributed by atoms with Gasteiger partial charge >= 0.3 is 0 Å². The van der Waals surface area contributed by atoms with Crippen LogP contribution in [0.25, 0.3) is 54.9 Å². The summed E-state index contributed by atoms with van der Waals surface area (Å²) in [7, 11) is 0. The summed E-state index contributed by atoms with van der Waals surface area (Å²) < 4.78 is 0. The number of hydrogen-bond donors (Lipinski definition) is 0. The molecule has 0 N–H and O–H groups in total. The summed E-state index contributed by atoms with van der Waals surface area (Å²) >= 11 is 0. The van der Waals surface area contributed by atoms with Gasteiger partial charge in [0.2, 0.25) is 0 Å². The van der Waals surface area contributed by atoms with E-state index in [1.807, 2.05) is 0 Å². The quantitative estimate of drug-likeness (QED) is 0.127. The van der Waals surface area contributed by atoms with Crippen molar-refractivity contribution in [3.05, 3.63) is 384 Å². The largest absolute Gasteiger partial charge is 0.310 e. The lowest BCUT2D eigenvalue weighted by molar-refractivity contribution is 0.769. The monoisotopic (exact) mass is 1070 g/mol. The maximum atomic E-state index is 2.47. The SMILES string of the molecule is c1ccc(N(c2ccc(-c3ccc(N(c4ccccc4)c4ccc5c(c4)C(c4ccccc4)(c4ccccc4)c4ccc6ccccc6c4-5)cc3)cc2)c2ccc3c(c2)C(c2ccccc2)(c2ccccc2)c2ccc4ccccc4c2-3)cc1. The van der Waals surface area contributed by atoms with Crippen LogP contribution in [0, 0.1) is 0 Å². The molecule has 0 spiro atoms. The van der Waals surface area contributed by atoms with Gasteiger partial charge in [0.05, 0.1) is 10.8 Å². The molecule has 0 bridgehead atoms. The number of para-hydroxylation sites is 2. The van der Waals surface area contributed by atoms with Gasteiger partial charge < -0.3 is 9.80 Å². The molecule has 2 aliphatic carbocycles. The number of anilines is 6. The number of rotatable bonds is 11. The summed E-state index contributed by atoms with van der Waals surface area (Å²) in [6, 6.07) is 126. The molecule has 2 heteroatoms. The Labute approximate surface area is 491 Å². The van der Waals surface area contributed by atoms with Crippen molar-refractivity contribution in [2.24, 2.45) is 0 Å². The molecule has 2 nitrogen and oxygen atoms in total. The Morgan fingerprint density at radius 2 is 0.488 bits per heavy atom. The molecule has 84 heavy (non-hydrogen) atoms. The minimum atomic E-state index is -0.557. The maximum Gasteiger partial charge on any atom is 0.0714 e. The average Bonchev–Trinajstić information content (AvgIpc) is 2.02. The van der Waals surface area contributed by atoms with Gasteiger partial charge in [-0.3, -0.25) is 0 Å². The summed E-state index contributed by atoms with van der Waals surface area (Å²) in [6.45, 7) is 0. The van der Waals surface area contributed by atoms with Gasteiger partial charge in [-0.2, -0.15) is 0 Å². The topological polar surface area (TPSA) is 6.48 Å². The van der Waals surface area contributed by atoms with Crippen LogP contribution in [-0.2, 0) is 10.8 Å². The predicted octanol–water partition coefficient (Wildman–Crippen LogP) is 21.3. The summed E-state index contributed by atoms with van der Waals surface area (Å²) in [5.41, 5.74) is 23.0. The van der Waals surface area contributed by atoms with E-state index in [2.05, 4.69) is 350 Å². The molecular weight excluding hydrogens is 1010 g/mol. The molecular formula is C82H56N2. The first kappa shape index (κ1) is 49.1. The zero-order valence-electron chi connectivity index (χ0n) is 46.2. The van der Waals surface area contributed by atoms with Crippen molar-refractivity contribution in [3.63, 3.8) is 0 Å². The Bertz CT molecular complexity index is 4350. The van der Waals surface area contributed by atoms with Gasteiger partial charge in [0.1, 0.15) is 0 Å². The minimum Gasteiger partial charge on any atom is -0.310 e. The molecule has 0 fully saturated rings. The Morgan fingerprint density at radius 1 is 0.202 bits per heavy atom. The summed E-state index contributed by atoms with van der Waals surface area (Å²) in [5, 5.41) is 5.02. The molecule has 0 unspecified atom stereocenters. The van der Waals surface area contributed by atoms with E-state index in [0.717, 1.165) is 45.3 Å². The highest BCUT2D eigenvalue weighted by Crippen LogP contribution is 2.61. The van der Waals surface area contributed by atoms with Gasteiger partial charge in [-0.15, -0.1) is 0 Å². The highest BCUT2D eigenvalue weighted by molar-refractivity contribution is 6.06. The molecule has 0 aromatic heterocycles. The fourth-order valence-corrected chi connectivity index (χ4v) is 14.4. The average molecular weight is 1070 g/mol. The fraction of sp³-hybridized carbons (Fsp3) is 0.0244. The van der Waals surface area contributed by atoms with Crippen LogP contribution in [0.5, 0.6) is 0 Å². The second-order valence-electron chi connectivity index (χ2n) is 22.3. The maximum absolute atomic E-state index is 2.47. The van der Waals surface area contributed by atoms with E-state index >= 15 is 0 Å². The first-order valence-electron chi connectivity index (χ1n) is 29.2. The second-order valence-corrected chi connectivity index (χ2v) is 22.3. The lowest BCUT2D eigenvalue weighted by Gasteiger charge is -2.35. The summed E-state index contributed by atoms with van der Waals surface area (Å²) in [5.74, 6) is 0. The van der Waals surface area contributed by atoms with Crippen molar-refractivity contribution < 1.29 is 0 Å². The highest BCUT2D eigenvalue weighted by atomic mass is 15.1. The zero-order chi connectivity index (χ0) is 55.6. The minimum absolute atomic E-state index is 0.557. The smallest absolute Gasteiger partial charge is 0.0714 e. The van der Waals surface area contributed by atoms with E-state index in [0.29, 0.717) is 0 Å². The molecule has 394 valence electrons. The molecule has 2 aliphatic rings. The van der Waals surface area contributed by atoms with Crippen LogP contribution in [0.1, 0.15) is 44.5 Å². The Balaban J connectivity index is 0.798. The van der Waals surface area contributed by atoms with E-state index in [9.17, 15) is 0 Å². The number of fused-ring (bicyclic) bond motifs is 10. The molecule has 0 saturated heterocycles. The summed E-state index contributed by atoms with van der Waals surface area (Å²) in [4.78, 5) is 4.82. The lowest BCUT2D eigenvalue weighted by Crippen LogP contribution is -2.28. The van der Waals surface area contributed by atoms with Crippen LogP contribution in [0.3, 0.4) is 0 Å². The van der Waals surface area contributed by atoms with E-state index in [1.165, 1.54) is 88.3 Å². The Kier molecular flexibility index (Phi) is 11.7. The second kappa shape index (κ2) is 20.0. The van der Waals surface area contributed by atoms with Crippen molar-refractivity contribution in [2.75, 3.05) is 9.80 Å². The number of nitrogens with zero attached hydrogens (tertiary/aromatic N) is 2. The van der Waals surface area contributed by atoms with Crippen LogP contribution in [0.15, 0.2) is 340 Å². The van der Waals surface area contributed by atoms with Crippen molar-refractivity contribution >= 4 is 55.7 Å². The number of hydrogen-bond acceptors (Lipinski definition) is 2. The first-order valence-corrected chi connectivity index (χ1v) is 29.2. The molecule has 0 heterocycles. The van der Waals surface area contributed by atoms with Crippen molar-refractivity contribution in [2.45, 2.75) is 10.8 Å². The van der Waals surface area contributed by atoms with Crippen LogP contribution >= 0.6 is 0 Å². The molecule has 0 aliphatic heterocycles. The van der Waals surface area contributed by atoms with Gasteiger partial charge in [-0.1, -0.05) is 267 Å². The third-order valence-electron chi connectivity index (χ3n) is 18.0. The van der Waals surface area contributed by atoms with Gasteiger partial charge in [-0.25, -0.2) is 0 Å². The van der Waals surface area contributed by atoms with Crippen molar-refractivity contribution in [1.82, 2.24) is 0 Å². The number of benzene rings is 14. The zero-order valence-corrected chi connectivity index (χ0v) is 46.2. The molecule has 0 amide bonds. The van der Waals surface area contributed by atoms with E-state index in [-0.39, 0.29) is 0 Å². The third-order valence-corrected chi connectivity index (χ3v) is 18.0. The molecule has 14 aromatic rings. The van der Waals surface area contributed by atoms with Crippen LogP contribution < -0.4 is 9.80 Å². The standard InChI is InChI=1S/C82H56N2/c1-7-25-61(26-8-1)81(62-27-9-2-10-28-62)75-53-43-59-23-19-21-37-71(59)79(75)73-51-49-69(55-77(73)81)83(65-33-15-5-16-34-65)67-45-39-57(40-46-67)58-41-47-68(48-42-58)84(66-35-17-6-18-36-66)70-50-52-74-78(56-70)82(63-29-11-3-12-30-63,64-31-13-4-14-32-64)76-54-44-60-24-20-22-38-72(60)80(74)76/h1-56H. The Morgan fingerprint density at radius 3 is 0.833 bits per heavy atom. The van der Waals surface area contributed by atoms with Crippen LogP contribution in [-0.4, -0.2) is 0 Å². The van der Waals surface area contributed by atoms with E-state index < -0.39 is 10.8 Å². The van der Waals surface area contributed by atoms with Gasteiger partial charge in [0.15, 0.2) is 0 Å². The van der Waals surface area contributed by atoms with Crippen LogP contribution in [0.2, 0.25) is 0 Å². The molecule has 0 radical (unpaired) electrons. The lowest BCUT2D eigenvalue weighted by atomic mass is 9.67. The van der Waals surface area contributed by atoms with Gasteiger partial charge in [-0.05, 0) is 172 Å². The molecule has 14 aromatic carbocycles. The predicted molar refractivity (Wildman–Crippen MR) is 351 cm³/mol. The van der Waals surface area contributed by atoms with Gasteiger partial charge in [0.25, 0.3) is 0 Å². The van der Waals surface area contributed by atoms with E-state index in [4.69, 9.17) is 0 Å². The van der Waals surface area contributed by atoms with Crippen molar-refractivity contribution in [3.8, 4) is 33.4 Å². The molecule has 16 rings (SSSR count). The van der Waals surface area contributed by atoms with Crippen LogP contribution in [0.4, 0.5) is 34.1 Å². The highest BCUT2D eigenvalue weighted by Gasteiger charge is 2.49. The van der Waals surface area contributed by atoms with Gasteiger partial charge in [0, 0.05) is 34.1 Å². The Hall–Kier alpha value is -10.8. The molecule has 0 saturated carbocycles. The molecule has 0 atom stereocenters.